The Balaban J connectivity index is 2.25. The Hall–Kier alpha value is -2.28. The SMILES string of the molecule is COc1ccc(Cc2nnc(NN)n2C)cc1OC. The molecule has 0 radical (unpaired) electrons. The van der Waals surface area contributed by atoms with Crippen LogP contribution in [0.3, 0.4) is 0 Å². The third kappa shape index (κ3) is 2.60. The molecule has 0 bridgehead atoms. The Morgan fingerprint density at radius 3 is 2.53 bits per heavy atom. The third-order valence-electron chi connectivity index (χ3n) is 2.90. The van der Waals surface area contributed by atoms with E-state index in [9.17, 15) is 0 Å². The van der Waals surface area contributed by atoms with E-state index in [1.165, 1.54) is 0 Å². The molecule has 0 saturated carbocycles. The van der Waals surface area contributed by atoms with Crippen LogP contribution in [0.15, 0.2) is 18.2 Å². The number of anilines is 1. The van der Waals surface area contributed by atoms with Crippen LogP contribution in [0.1, 0.15) is 11.4 Å². The molecule has 2 rings (SSSR count). The average Bonchev–Trinajstić information content (AvgIpc) is 2.79. The van der Waals surface area contributed by atoms with E-state index >= 15 is 0 Å². The molecule has 0 spiro atoms. The van der Waals surface area contributed by atoms with Crippen LogP contribution in [0.25, 0.3) is 0 Å². The highest BCUT2D eigenvalue weighted by molar-refractivity contribution is 5.43. The molecule has 1 heterocycles. The summed E-state index contributed by atoms with van der Waals surface area (Å²) in [6.07, 6.45) is 0.630. The zero-order chi connectivity index (χ0) is 13.8. The van der Waals surface area contributed by atoms with Gasteiger partial charge >= 0.3 is 0 Å². The van der Waals surface area contributed by atoms with Crippen molar-refractivity contribution in [3.8, 4) is 11.5 Å². The van der Waals surface area contributed by atoms with Gasteiger partial charge in [0, 0.05) is 13.5 Å². The number of benzene rings is 1. The van der Waals surface area contributed by atoms with Crippen molar-refractivity contribution in [1.82, 2.24) is 14.8 Å². The van der Waals surface area contributed by atoms with Gasteiger partial charge in [0.2, 0.25) is 5.95 Å². The van der Waals surface area contributed by atoms with Gasteiger partial charge in [0.1, 0.15) is 5.82 Å². The van der Waals surface area contributed by atoms with Gasteiger partial charge in [-0.2, -0.15) is 0 Å². The topological polar surface area (TPSA) is 87.2 Å². The number of nitrogen functional groups attached to an aromatic ring is 1. The van der Waals surface area contributed by atoms with E-state index in [1.54, 1.807) is 18.8 Å². The van der Waals surface area contributed by atoms with E-state index in [-0.39, 0.29) is 0 Å². The number of rotatable bonds is 5. The number of ether oxygens (including phenoxy) is 2. The van der Waals surface area contributed by atoms with Crippen molar-refractivity contribution >= 4 is 5.95 Å². The van der Waals surface area contributed by atoms with Crippen LogP contribution in [-0.2, 0) is 13.5 Å². The minimum Gasteiger partial charge on any atom is -0.493 e. The number of nitrogens with zero attached hydrogens (tertiary/aromatic N) is 3. The second-order valence-corrected chi connectivity index (χ2v) is 4.01. The molecule has 0 aliphatic rings. The molecule has 0 unspecified atom stereocenters. The van der Waals surface area contributed by atoms with Crippen molar-refractivity contribution < 1.29 is 9.47 Å². The minimum absolute atomic E-state index is 0.524. The lowest BCUT2D eigenvalue weighted by Crippen LogP contribution is -2.12. The molecule has 7 heteroatoms. The van der Waals surface area contributed by atoms with Crippen LogP contribution in [0, 0.1) is 0 Å². The van der Waals surface area contributed by atoms with E-state index in [0.29, 0.717) is 23.9 Å². The smallest absolute Gasteiger partial charge is 0.238 e. The fourth-order valence-electron chi connectivity index (χ4n) is 1.81. The van der Waals surface area contributed by atoms with Crippen molar-refractivity contribution in [2.75, 3.05) is 19.6 Å². The fourth-order valence-corrected chi connectivity index (χ4v) is 1.81. The van der Waals surface area contributed by atoms with E-state index in [4.69, 9.17) is 15.3 Å². The quantitative estimate of drug-likeness (QED) is 0.610. The molecule has 0 amide bonds. The molecule has 1 aromatic carbocycles. The van der Waals surface area contributed by atoms with Gasteiger partial charge < -0.3 is 9.47 Å². The average molecular weight is 263 g/mol. The van der Waals surface area contributed by atoms with Crippen LogP contribution < -0.4 is 20.7 Å². The molecule has 0 atom stereocenters. The van der Waals surface area contributed by atoms with Gasteiger partial charge in [0.15, 0.2) is 11.5 Å². The molecule has 0 saturated heterocycles. The Kier molecular flexibility index (Phi) is 3.86. The molecular weight excluding hydrogens is 246 g/mol. The van der Waals surface area contributed by atoms with Gasteiger partial charge in [0.25, 0.3) is 0 Å². The van der Waals surface area contributed by atoms with Crippen LogP contribution in [0.2, 0.25) is 0 Å². The van der Waals surface area contributed by atoms with Gasteiger partial charge in [-0.1, -0.05) is 6.07 Å². The third-order valence-corrected chi connectivity index (χ3v) is 2.90. The number of methoxy groups -OCH3 is 2. The maximum Gasteiger partial charge on any atom is 0.238 e. The van der Waals surface area contributed by atoms with Crippen LogP contribution >= 0.6 is 0 Å². The first kappa shape index (κ1) is 13.2. The first-order valence-corrected chi connectivity index (χ1v) is 5.75. The first-order chi connectivity index (χ1) is 9.19. The summed E-state index contributed by atoms with van der Waals surface area (Å²) < 4.78 is 12.3. The molecule has 0 aliphatic carbocycles. The zero-order valence-corrected chi connectivity index (χ0v) is 11.2. The normalized spacial score (nSPS) is 10.3. The van der Waals surface area contributed by atoms with Crippen molar-refractivity contribution in [3.63, 3.8) is 0 Å². The summed E-state index contributed by atoms with van der Waals surface area (Å²) in [6.45, 7) is 0. The van der Waals surface area contributed by atoms with E-state index < -0.39 is 0 Å². The Bertz CT molecular complexity index is 567. The van der Waals surface area contributed by atoms with Gasteiger partial charge in [-0.25, -0.2) is 5.84 Å². The lowest BCUT2D eigenvalue weighted by Gasteiger charge is -2.09. The highest BCUT2D eigenvalue weighted by Crippen LogP contribution is 2.28. The van der Waals surface area contributed by atoms with Crippen molar-refractivity contribution in [1.29, 1.82) is 0 Å². The molecule has 3 N–H and O–H groups in total. The second-order valence-electron chi connectivity index (χ2n) is 4.01. The summed E-state index contributed by atoms with van der Waals surface area (Å²) >= 11 is 0. The highest BCUT2D eigenvalue weighted by Gasteiger charge is 2.10. The van der Waals surface area contributed by atoms with Crippen molar-refractivity contribution in [2.24, 2.45) is 12.9 Å². The summed E-state index contributed by atoms with van der Waals surface area (Å²) in [5.41, 5.74) is 3.54. The molecule has 19 heavy (non-hydrogen) atoms. The number of aromatic nitrogens is 3. The largest absolute Gasteiger partial charge is 0.493 e. The monoisotopic (exact) mass is 263 g/mol. The predicted molar refractivity (Wildman–Crippen MR) is 71.2 cm³/mol. The van der Waals surface area contributed by atoms with Gasteiger partial charge in [0.05, 0.1) is 14.2 Å². The molecule has 0 fully saturated rings. The highest BCUT2D eigenvalue weighted by atomic mass is 16.5. The second kappa shape index (κ2) is 5.57. The van der Waals surface area contributed by atoms with E-state index in [1.807, 2.05) is 25.2 Å². The Morgan fingerprint density at radius 2 is 1.95 bits per heavy atom. The molecule has 7 nitrogen and oxygen atoms in total. The van der Waals surface area contributed by atoms with Crippen LogP contribution in [-0.4, -0.2) is 29.0 Å². The summed E-state index contributed by atoms with van der Waals surface area (Å²) in [5, 5.41) is 8.01. The standard InChI is InChI=1S/C12H17N5O2/c1-17-11(15-16-12(17)14-13)7-8-4-5-9(18-2)10(6-8)19-3/h4-6H,7,13H2,1-3H3,(H,14,16). The molecule has 0 aliphatic heterocycles. The lowest BCUT2D eigenvalue weighted by molar-refractivity contribution is 0.354. The summed E-state index contributed by atoms with van der Waals surface area (Å²) in [6, 6.07) is 5.75. The number of hydrogen-bond acceptors (Lipinski definition) is 6. The number of hydrogen-bond donors (Lipinski definition) is 2. The predicted octanol–water partition coefficient (Wildman–Crippen LogP) is 0.709. The first-order valence-electron chi connectivity index (χ1n) is 5.75. The Labute approximate surface area is 111 Å². The summed E-state index contributed by atoms with van der Waals surface area (Å²) in [5.74, 6) is 8.06. The maximum absolute atomic E-state index is 5.33. The van der Waals surface area contributed by atoms with Gasteiger partial charge in [-0.05, 0) is 17.7 Å². The number of nitrogens with two attached hydrogens (primary N) is 1. The summed E-state index contributed by atoms with van der Waals surface area (Å²) in [7, 11) is 5.07. The molecular formula is C12H17N5O2. The number of hydrazine groups is 1. The van der Waals surface area contributed by atoms with Crippen molar-refractivity contribution in [2.45, 2.75) is 6.42 Å². The maximum atomic E-state index is 5.33. The fraction of sp³-hybridized carbons (Fsp3) is 0.333. The summed E-state index contributed by atoms with van der Waals surface area (Å²) in [4.78, 5) is 0. The van der Waals surface area contributed by atoms with Crippen molar-refractivity contribution in [3.05, 3.63) is 29.6 Å². The van der Waals surface area contributed by atoms with Crippen LogP contribution in [0.5, 0.6) is 11.5 Å². The number of nitrogens with one attached hydrogen (secondary N) is 1. The molecule has 2 aromatic rings. The molecule has 1 aromatic heterocycles. The lowest BCUT2D eigenvalue weighted by atomic mass is 10.1. The molecule has 102 valence electrons. The minimum atomic E-state index is 0.524. The zero-order valence-electron chi connectivity index (χ0n) is 11.2. The Morgan fingerprint density at radius 1 is 1.21 bits per heavy atom. The van der Waals surface area contributed by atoms with Gasteiger partial charge in [-0.3, -0.25) is 9.99 Å². The van der Waals surface area contributed by atoms with E-state index in [2.05, 4.69) is 15.6 Å². The van der Waals surface area contributed by atoms with E-state index in [0.717, 1.165) is 11.4 Å². The van der Waals surface area contributed by atoms with Crippen LogP contribution in [0.4, 0.5) is 5.95 Å². The van der Waals surface area contributed by atoms with Gasteiger partial charge in [-0.15, -0.1) is 10.2 Å².